The van der Waals surface area contributed by atoms with Gasteiger partial charge in [0.25, 0.3) is 21.1 Å². The van der Waals surface area contributed by atoms with Gasteiger partial charge in [-0.2, -0.15) is 0 Å². The monoisotopic (exact) mass is 293 g/mol. The van der Waals surface area contributed by atoms with Gasteiger partial charge in [-0.05, 0) is 12.1 Å². The summed E-state index contributed by atoms with van der Waals surface area (Å²) in [4.78, 5) is 27.6. The molecule has 0 aromatic carbocycles. The van der Waals surface area contributed by atoms with Gasteiger partial charge in [0.2, 0.25) is 0 Å². The maximum absolute atomic E-state index is 11.6. The normalized spacial score (nSPS) is 15.4. The summed E-state index contributed by atoms with van der Waals surface area (Å²) in [6.07, 6.45) is 2.51. The average molecular weight is 293 g/mol. The molecule has 3 heterocycles. The smallest absolute Gasteiger partial charge is 0.278 e. The van der Waals surface area contributed by atoms with E-state index >= 15 is 0 Å². The molecule has 0 fully saturated rings. The third-order valence-electron chi connectivity index (χ3n) is 2.61. The van der Waals surface area contributed by atoms with Crippen molar-refractivity contribution in [3.63, 3.8) is 0 Å². The van der Waals surface area contributed by atoms with Crippen molar-refractivity contribution in [2.75, 3.05) is 4.72 Å². The van der Waals surface area contributed by atoms with E-state index in [1.165, 1.54) is 12.3 Å². The summed E-state index contributed by atoms with van der Waals surface area (Å²) in [5.41, 5.74) is -1.19. The van der Waals surface area contributed by atoms with Crippen LogP contribution in [-0.4, -0.2) is 18.4 Å². The SMILES string of the molecule is O=c1[nH]cccc1N=Nc1c2c(c[nH]c1=O)S(=O)(=O)N2. The molecule has 0 atom stereocenters. The number of nitrogens with one attached hydrogen (secondary N) is 3. The first-order valence-corrected chi connectivity index (χ1v) is 6.85. The second kappa shape index (κ2) is 4.13. The van der Waals surface area contributed by atoms with E-state index in [0.29, 0.717) is 0 Å². The van der Waals surface area contributed by atoms with E-state index in [9.17, 15) is 18.0 Å². The molecule has 0 radical (unpaired) electrons. The Bertz CT molecular complexity index is 941. The molecule has 102 valence electrons. The summed E-state index contributed by atoms with van der Waals surface area (Å²) in [6.45, 7) is 0. The number of sulfonamides is 1. The summed E-state index contributed by atoms with van der Waals surface area (Å²) in [7, 11) is -3.56. The minimum Gasteiger partial charge on any atom is -0.327 e. The molecule has 0 amide bonds. The Morgan fingerprint density at radius 3 is 2.55 bits per heavy atom. The number of hydrogen-bond acceptors (Lipinski definition) is 6. The van der Waals surface area contributed by atoms with Gasteiger partial charge in [0, 0.05) is 12.4 Å². The molecule has 0 spiro atoms. The number of aromatic nitrogens is 2. The minimum absolute atomic E-state index is 0.00619. The van der Waals surface area contributed by atoms with E-state index in [1.807, 2.05) is 0 Å². The number of fused-ring (bicyclic) bond motifs is 1. The van der Waals surface area contributed by atoms with E-state index in [1.54, 1.807) is 6.07 Å². The van der Waals surface area contributed by atoms with Crippen LogP contribution in [0.15, 0.2) is 49.2 Å². The van der Waals surface area contributed by atoms with Gasteiger partial charge in [-0.3, -0.25) is 14.3 Å². The van der Waals surface area contributed by atoms with Crippen molar-refractivity contribution in [3.8, 4) is 0 Å². The van der Waals surface area contributed by atoms with E-state index in [-0.39, 0.29) is 22.0 Å². The van der Waals surface area contributed by atoms with Gasteiger partial charge in [-0.15, -0.1) is 10.2 Å². The number of azo groups is 1. The quantitative estimate of drug-likeness (QED) is 0.698. The second-order valence-corrected chi connectivity index (χ2v) is 5.55. The van der Waals surface area contributed by atoms with Gasteiger partial charge >= 0.3 is 0 Å². The van der Waals surface area contributed by atoms with Gasteiger partial charge in [0.15, 0.2) is 11.4 Å². The van der Waals surface area contributed by atoms with Crippen LogP contribution in [0.3, 0.4) is 0 Å². The topological polar surface area (TPSA) is 137 Å². The molecule has 3 N–H and O–H groups in total. The zero-order valence-corrected chi connectivity index (χ0v) is 10.6. The van der Waals surface area contributed by atoms with Crippen LogP contribution in [0.4, 0.5) is 17.1 Å². The summed E-state index contributed by atoms with van der Waals surface area (Å²) in [5.74, 6) is 0. The van der Waals surface area contributed by atoms with E-state index in [0.717, 1.165) is 6.20 Å². The van der Waals surface area contributed by atoms with E-state index in [4.69, 9.17) is 0 Å². The first kappa shape index (κ1) is 12.3. The molecule has 3 rings (SSSR count). The fourth-order valence-corrected chi connectivity index (χ4v) is 2.71. The Morgan fingerprint density at radius 2 is 1.85 bits per heavy atom. The number of H-pyrrole nitrogens is 2. The van der Waals surface area contributed by atoms with Crippen LogP contribution in [0.5, 0.6) is 0 Å². The predicted molar refractivity (Wildman–Crippen MR) is 69.1 cm³/mol. The molecule has 2 aromatic rings. The lowest BCUT2D eigenvalue weighted by molar-refractivity contribution is 0.596. The largest absolute Gasteiger partial charge is 0.327 e. The third-order valence-corrected chi connectivity index (χ3v) is 3.99. The van der Waals surface area contributed by atoms with Crippen LogP contribution in [0, 0.1) is 0 Å². The highest BCUT2D eigenvalue weighted by Crippen LogP contribution is 2.38. The highest BCUT2D eigenvalue weighted by molar-refractivity contribution is 7.94. The Kier molecular flexibility index (Phi) is 2.54. The highest BCUT2D eigenvalue weighted by Gasteiger charge is 2.34. The Morgan fingerprint density at radius 1 is 1.05 bits per heavy atom. The van der Waals surface area contributed by atoms with Gasteiger partial charge in [0.1, 0.15) is 10.6 Å². The van der Waals surface area contributed by atoms with Crippen molar-refractivity contribution in [3.05, 3.63) is 45.2 Å². The number of pyridine rings is 2. The van der Waals surface area contributed by atoms with E-state index < -0.39 is 21.1 Å². The molecule has 1 aliphatic heterocycles. The average Bonchev–Trinajstić information content (AvgIpc) is 2.39. The van der Waals surface area contributed by atoms with Crippen molar-refractivity contribution in [1.29, 1.82) is 0 Å². The number of aromatic amines is 2. The molecule has 0 aliphatic carbocycles. The molecule has 9 nitrogen and oxygen atoms in total. The van der Waals surface area contributed by atoms with Crippen molar-refractivity contribution >= 4 is 27.1 Å². The summed E-state index contributed by atoms with van der Waals surface area (Å²) >= 11 is 0. The van der Waals surface area contributed by atoms with Gasteiger partial charge in [-0.25, -0.2) is 8.42 Å². The van der Waals surface area contributed by atoms with Crippen LogP contribution >= 0.6 is 0 Å². The Balaban J connectivity index is 2.10. The third kappa shape index (κ3) is 1.82. The second-order valence-electron chi connectivity index (χ2n) is 3.90. The molecule has 20 heavy (non-hydrogen) atoms. The van der Waals surface area contributed by atoms with Crippen LogP contribution in [0.2, 0.25) is 0 Å². The van der Waals surface area contributed by atoms with Crippen molar-refractivity contribution < 1.29 is 8.42 Å². The van der Waals surface area contributed by atoms with Crippen molar-refractivity contribution in [1.82, 2.24) is 9.97 Å². The fourth-order valence-electron chi connectivity index (χ4n) is 1.65. The molecule has 2 aromatic heterocycles. The molecular weight excluding hydrogens is 286 g/mol. The van der Waals surface area contributed by atoms with Gasteiger partial charge in [0.05, 0.1) is 0 Å². The number of nitrogens with zero attached hydrogens (tertiary/aromatic N) is 2. The molecule has 10 heteroatoms. The first-order valence-electron chi connectivity index (χ1n) is 5.37. The number of rotatable bonds is 2. The predicted octanol–water partition coefficient (Wildman–Crippen LogP) is 0.593. The lowest BCUT2D eigenvalue weighted by Crippen LogP contribution is -2.28. The van der Waals surface area contributed by atoms with Crippen molar-refractivity contribution in [2.45, 2.75) is 4.90 Å². The number of anilines is 1. The van der Waals surface area contributed by atoms with E-state index in [2.05, 4.69) is 24.9 Å². The van der Waals surface area contributed by atoms with Gasteiger partial charge in [-0.1, -0.05) is 0 Å². The molecular formula is C10H7N5O4S. The highest BCUT2D eigenvalue weighted by atomic mass is 32.2. The fraction of sp³-hybridized carbons (Fsp3) is 0. The zero-order chi connectivity index (χ0) is 14.3. The molecule has 0 saturated heterocycles. The standard InChI is InChI=1S/C10H7N5O4S/c16-9-5(2-1-3-11-9)13-14-8-7-6(4-12-10(8)17)20(18,19)15-7/h1-4,15H,(H,11,16)(H,12,17). The first-order chi connectivity index (χ1) is 9.49. The minimum atomic E-state index is -3.56. The summed E-state index contributed by atoms with van der Waals surface area (Å²) < 4.78 is 24.8. The molecule has 0 unspecified atom stereocenters. The summed E-state index contributed by atoms with van der Waals surface area (Å²) in [5, 5.41) is 7.30. The molecule has 0 bridgehead atoms. The number of hydrogen-bond donors (Lipinski definition) is 3. The zero-order valence-electron chi connectivity index (χ0n) is 9.75. The Labute approximate surface area is 111 Å². The van der Waals surface area contributed by atoms with Crippen LogP contribution in [0.1, 0.15) is 0 Å². The molecule has 0 saturated carbocycles. The van der Waals surface area contributed by atoms with Crippen LogP contribution < -0.4 is 15.8 Å². The van der Waals surface area contributed by atoms with Crippen LogP contribution in [0.25, 0.3) is 0 Å². The summed E-state index contributed by atoms with van der Waals surface area (Å²) in [6, 6.07) is 2.96. The van der Waals surface area contributed by atoms with Gasteiger partial charge < -0.3 is 9.97 Å². The lowest BCUT2D eigenvalue weighted by atomic mass is 10.3. The molecule has 1 aliphatic rings. The van der Waals surface area contributed by atoms with Crippen LogP contribution in [-0.2, 0) is 10.0 Å². The maximum atomic E-state index is 11.6. The Hall–Kier alpha value is -2.75. The lowest BCUT2D eigenvalue weighted by Gasteiger charge is -2.21. The van der Waals surface area contributed by atoms with Crippen molar-refractivity contribution in [2.24, 2.45) is 10.2 Å². The maximum Gasteiger partial charge on any atom is 0.278 e.